The van der Waals surface area contributed by atoms with Crippen LogP contribution >= 0.6 is 23.2 Å². The molecule has 1 aliphatic carbocycles. The molecule has 1 saturated carbocycles. The first kappa shape index (κ1) is 31.3. The molecule has 3 amide bonds. The molecule has 0 saturated heterocycles. The fourth-order valence-electron chi connectivity index (χ4n) is 4.69. The van der Waals surface area contributed by atoms with E-state index in [9.17, 15) is 14.4 Å². The Kier molecular flexibility index (Phi) is 10.5. The average molecular weight is 591 g/mol. The molecule has 0 unspecified atom stereocenters. The number of carbonyl (C=O) groups excluding carboxylic acids is 3. The number of ether oxygens (including phenoxy) is 2. The van der Waals surface area contributed by atoms with E-state index in [0.29, 0.717) is 11.4 Å². The van der Waals surface area contributed by atoms with Gasteiger partial charge in [-0.15, -0.1) is 0 Å². The Morgan fingerprint density at radius 3 is 1.73 bits per heavy atom. The van der Waals surface area contributed by atoms with Gasteiger partial charge in [0.25, 0.3) is 0 Å². The predicted molar refractivity (Wildman–Crippen MR) is 159 cm³/mol. The molecule has 1 aliphatic rings. The minimum Gasteiger partial charge on any atom is -0.447 e. The Morgan fingerprint density at radius 1 is 0.850 bits per heavy atom. The molecule has 8 nitrogen and oxygen atoms in total. The summed E-state index contributed by atoms with van der Waals surface area (Å²) >= 11 is 11.7. The number of amides is 3. The quantitative estimate of drug-likeness (QED) is 0.307. The maximum Gasteiger partial charge on any atom is 0.411 e. The van der Waals surface area contributed by atoms with Crippen molar-refractivity contribution in [1.82, 2.24) is 4.90 Å². The van der Waals surface area contributed by atoms with Crippen LogP contribution in [-0.2, 0) is 14.3 Å². The Bertz CT molecular complexity index is 1220. The standard InChI is InChI=1S/C30H37Cl2N3O5/c1-18-9-7-11-23(20(18)3)33-28(37)39-15-13-35(27(36)26-22(17-25(31)32)30(26,5)6)14-16-40-29(38)34-24-12-8-10-19(2)21(24)4/h7-12,17,22,26H,13-16H2,1-6H3,(H,33,37)(H,34,38)/t22-,26+/m0/s1. The molecule has 0 spiro atoms. The summed E-state index contributed by atoms with van der Waals surface area (Å²) in [7, 11) is 0. The fourth-order valence-corrected chi connectivity index (χ4v) is 4.96. The second kappa shape index (κ2) is 13.4. The van der Waals surface area contributed by atoms with Crippen LogP contribution in [0.2, 0.25) is 0 Å². The molecular weight excluding hydrogens is 553 g/mol. The van der Waals surface area contributed by atoms with Crippen molar-refractivity contribution in [1.29, 1.82) is 0 Å². The zero-order valence-corrected chi connectivity index (χ0v) is 25.3. The highest BCUT2D eigenvalue weighted by molar-refractivity contribution is 6.55. The number of hydrogen-bond donors (Lipinski definition) is 2. The van der Waals surface area contributed by atoms with E-state index in [1.54, 1.807) is 23.1 Å². The monoisotopic (exact) mass is 589 g/mol. The van der Waals surface area contributed by atoms with Crippen molar-refractivity contribution >= 4 is 52.7 Å². The van der Waals surface area contributed by atoms with Gasteiger partial charge in [-0.3, -0.25) is 15.4 Å². The van der Waals surface area contributed by atoms with Gasteiger partial charge in [0, 0.05) is 11.4 Å². The summed E-state index contributed by atoms with van der Waals surface area (Å²) in [6, 6.07) is 11.2. The zero-order chi connectivity index (χ0) is 29.6. The lowest BCUT2D eigenvalue weighted by atomic mass is 10.1. The van der Waals surface area contributed by atoms with E-state index in [-0.39, 0.29) is 54.0 Å². The lowest BCUT2D eigenvalue weighted by Gasteiger charge is -2.23. The number of rotatable bonds is 10. The second-order valence-electron chi connectivity index (χ2n) is 10.6. The van der Waals surface area contributed by atoms with Crippen molar-refractivity contribution in [3.63, 3.8) is 0 Å². The van der Waals surface area contributed by atoms with Gasteiger partial charge in [0.05, 0.1) is 19.0 Å². The van der Waals surface area contributed by atoms with Crippen LogP contribution in [0.4, 0.5) is 21.0 Å². The molecule has 0 radical (unpaired) electrons. The summed E-state index contributed by atoms with van der Waals surface area (Å²) in [4.78, 5) is 39.9. The van der Waals surface area contributed by atoms with Gasteiger partial charge in [0.1, 0.15) is 17.7 Å². The van der Waals surface area contributed by atoms with Gasteiger partial charge in [-0.25, -0.2) is 9.59 Å². The highest BCUT2D eigenvalue weighted by Gasteiger charge is 2.61. The Labute approximate surface area is 246 Å². The number of allylic oxidation sites excluding steroid dienone is 1. The van der Waals surface area contributed by atoms with E-state index < -0.39 is 12.2 Å². The first-order chi connectivity index (χ1) is 18.8. The maximum atomic E-state index is 13.5. The van der Waals surface area contributed by atoms with Crippen molar-refractivity contribution in [2.75, 3.05) is 36.9 Å². The van der Waals surface area contributed by atoms with Crippen LogP contribution < -0.4 is 10.6 Å². The summed E-state index contributed by atoms with van der Waals surface area (Å²) in [6.07, 6.45) is 0.435. The van der Waals surface area contributed by atoms with Crippen LogP contribution in [0, 0.1) is 44.9 Å². The maximum absolute atomic E-state index is 13.5. The smallest absolute Gasteiger partial charge is 0.411 e. The van der Waals surface area contributed by atoms with Crippen LogP contribution in [-0.4, -0.2) is 49.3 Å². The van der Waals surface area contributed by atoms with E-state index in [2.05, 4.69) is 10.6 Å². The van der Waals surface area contributed by atoms with Crippen LogP contribution in [0.15, 0.2) is 47.0 Å². The summed E-state index contributed by atoms with van der Waals surface area (Å²) in [5.74, 6) is -0.639. The first-order valence-corrected chi connectivity index (χ1v) is 13.9. The fraction of sp³-hybridized carbons (Fsp3) is 0.433. The van der Waals surface area contributed by atoms with Gasteiger partial charge < -0.3 is 14.4 Å². The number of aryl methyl sites for hydroxylation is 2. The molecule has 0 heterocycles. The molecule has 0 bridgehead atoms. The normalized spacial score (nSPS) is 16.9. The molecule has 1 fully saturated rings. The van der Waals surface area contributed by atoms with Gasteiger partial charge in [-0.1, -0.05) is 61.3 Å². The topological polar surface area (TPSA) is 97.0 Å². The zero-order valence-electron chi connectivity index (χ0n) is 23.8. The number of benzene rings is 2. The molecule has 2 aromatic carbocycles. The highest BCUT2D eigenvalue weighted by Crippen LogP contribution is 2.60. The number of hydrogen-bond acceptors (Lipinski definition) is 5. The predicted octanol–water partition coefficient (Wildman–Crippen LogP) is 7.14. The van der Waals surface area contributed by atoms with Crippen LogP contribution in [0.5, 0.6) is 0 Å². The molecule has 0 aromatic heterocycles. The third-order valence-electron chi connectivity index (χ3n) is 7.67. The number of nitrogens with zero attached hydrogens (tertiary/aromatic N) is 1. The number of halogens is 2. The third kappa shape index (κ3) is 7.92. The second-order valence-corrected chi connectivity index (χ2v) is 11.6. The van der Waals surface area contributed by atoms with Crippen LogP contribution in [0.1, 0.15) is 36.1 Å². The summed E-state index contributed by atoms with van der Waals surface area (Å²) in [6.45, 7) is 11.8. The third-order valence-corrected chi connectivity index (χ3v) is 7.92. The molecule has 2 N–H and O–H groups in total. The molecule has 216 valence electrons. The van der Waals surface area contributed by atoms with E-state index in [4.69, 9.17) is 32.7 Å². The van der Waals surface area contributed by atoms with E-state index in [1.807, 2.05) is 65.8 Å². The summed E-state index contributed by atoms with van der Waals surface area (Å²) in [5, 5.41) is 5.48. The largest absolute Gasteiger partial charge is 0.447 e. The van der Waals surface area contributed by atoms with Crippen molar-refractivity contribution in [3.8, 4) is 0 Å². The number of carbonyl (C=O) groups is 3. The summed E-state index contributed by atoms with van der Waals surface area (Å²) in [5.41, 5.74) is 4.96. The number of nitrogens with one attached hydrogen (secondary N) is 2. The van der Waals surface area contributed by atoms with Gasteiger partial charge in [-0.05, 0) is 79.5 Å². The lowest BCUT2D eigenvalue weighted by molar-refractivity contribution is -0.134. The van der Waals surface area contributed by atoms with Crippen LogP contribution in [0.25, 0.3) is 0 Å². The van der Waals surface area contributed by atoms with E-state index >= 15 is 0 Å². The average Bonchev–Trinajstić information content (AvgIpc) is 3.41. The van der Waals surface area contributed by atoms with E-state index in [0.717, 1.165) is 22.3 Å². The van der Waals surface area contributed by atoms with Gasteiger partial charge in [-0.2, -0.15) is 0 Å². The van der Waals surface area contributed by atoms with Crippen molar-refractivity contribution < 1.29 is 23.9 Å². The van der Waals surface area contributed by atoms with Crippen molar-refractivity contribution in [2.24, 2.45) is 17.3 Å². The van der Waals surface area contributed by atoms with Gasteiger partial charge >= 0.3 is 12.2 Å². The molecule has 2 aromatic rings. The molecule has 10 heteroatoms. The minimum atomic E-state index is -0.619. The Hall–Kier alpha value is -3.23. The molecule has 2 atom stereocenters. The van der Waals surface area contributed by atoms with E-state index in [1.165, 1.54) is 0 Å². The minimum absolute atomic E-state index is 0.0406. The molecule has 3 rings (SSSR count). The lowest BCUT2D eigenvalue weighted by Crippen LogP contribution is -2.39. The van der Waals surface area contributed by atoms with Gasteiger partial charge in [0.2, 0.25) is 5.91 Å². The molecule has 0 aliphatic heterocycles. The van der Waals surface area contributed by atoms with Crippen molar-refractivity contribution in [3.05, 3.63) is 69.2 Å². The van der Waals surface area contributed by atoms with Gasteiger partial charge in [0.15, 0.2) is 0 Å². The molecular formula is C30H37Cl2N3O5. The van der Waals surface area contributed by atoms with Crippen molar-refractivity contribution in [2.45, 2.75) is 41.5 Å². The Balaban J connectivity index is 1.60. The summed E-state index contributed by atoms with van der Waals surface area (Å²) < 4.78 is 10.9. The number of anilines is 2. The Morgan fingerprint density at radius 2 is 1.30 bits per heavy atom. The molecule has 40 heavy (non-hydrogen) atoms. The SMILES string of the molecule is Cc1cccc(NC(=O)OCCN(CCOC(=O)Nc2cccc(C)c2C)C(=O)[C@H]2[C@H](C=C(Cl)Cl)C2(C)C)c1C. The van der Waals surface area contributed by atoms with Crippen LogP contribution in [0.3, 0.4) is 0 Å². The highest BCUT2D eigenvalue weighted by atomic mass is 35.5. The first-order valence-electron chi connectivity index (χ1n) is 13.1.